The summed E-state index contributed by atoms with van der Waals surface area (Å²) < 4.78 is 18.4. The van der Waals surface area contributed by atoms with E-state index >= 15 is 0 Å². The van der Waals surface area contributed by atoms with Gasteiger partial charge in [-0.25, -0.2) is 19.5 Å². The van der Waals surface area contributed by atoms with Gasteiger partial charge in [0.2, 0.25) is 12.1 Å². The molecule has 1 aromatic carbocycles. The van der Waals surface area contributed by atoms with E-state index < -0.39 is 23.5 Å². The smallest absolute Gasteiger partial charge is 0.417 e. The van der Waals surface area contributed by atoms with E-state index in [0.29, 0.717) is 35.9 Å². The SMILES string of the molecule is CC(=O)Nc1nc2c(OC3C=C(C4=CCN(C(=O)OC(C)(C)C)CC4)C=CN3C(=O)OC(C)(C)C)cccc2s1. The number of hydrogen-bond acceptors (Lipinski definition) is 8. The van der Waals surface area contributed by atoms with Crippen molar-refractivity contribution in [3.8, 4) is 5.75 Å². The van der Waals surface area contributed by atoms with Crippen molar-refractivity contribution in [2.45, 2.75) is 72.3 Å². The first kappa shape index (κ1) is 29.1. The first-order chi connectivity index (χ1) is 18.7. The van der Waals surface area contributed by atoms with Crippen molar-refractivity contribution in [3.63, 3.8) is 0 Å². The Balaban J connectivity index is 1.61. The molecule has 0 bridgehead atoms. The van der Waals surface area contributed by atoms with Gasteiger partial charge in [0.25, 0.3) is 0 Å². The van der Waals surface area contributed by atoms with E-state index in [1.165, 1.54) is 23.2 Å². The molecule has 1 N–H and O–H groups in total. The summed E-state index contributed by atoms with van der Waals surface area (Å²) in [5, 5.41) is 3.17. The Morgan fingerprint density at radius 3 is 2.38 bits per heavy atom. The molecule has 214 valence electrons. The molecule has 40 heavy (non-hydrogen) atoms. The number of rotatable bonds is 4. The lowest BCUT2D eigenvalue weighted by atomic mass is 9.97. The molecule has 3 amide bonds. The molecule has 1 atom stereocenters. The number of benzene rings is 1. The summed E-state index contributed by atoms with van der Waals surface area (Å²) in [4.78, 5) is 44.8. The second kappa shape index (κ2) is 11.3. The highest BCUT2D eigenvalue weighted by atomic mass is 32.1. The maximum atomic E-state index is 13.1. The summed E-state index contributed by atoms with van der Waals surface area (Å²) in [5.41, 5.74) is 1.24. The van der Waals surface area contributed by atoms with E-state index in [1.54, 1.807) is 37.9 Å². The average Bonchev–Trinajstić information content (AvgIpc) is 3.24. The Morgan fingerprint density at radius 1 is 1.05 bits per heavy atom. The number of thiazole rings is 1. The number of hydrogen-bond donors (Lipinski definition) is 1. The molecule has 4 rings (SSSR count). The molecule has 1 unspecified atom stereocenters. The highest BCUT2D eigenvalue weighted by molar-refractivity contribution is 7.22. The van der Waals surface area contributed by atoms with Crippen LogP contribution in [-0.2, 0) is 14.3 Å². The molecule has 11 heteroatoms. The monoisotopic (exact) mass is 568 g/mol. The summed E-state index contributed by atoms with van der Waals surface area (Å²) in [6, 6.07) is 5.50. The summed E-state index contributed by atoms with van der Waals surface area (Å²) in [6.45, 7) is 13.3. The lowest BCUT2D eigenvalue weighted by molar-refractivity contribution is -0.114. The van der Waals surface area contributed by atoms with Crippen LogP contribution in [0.3, 0.4) is 0 Å². The summed E-state index contributed by atoms with van der Waals surface area (Å²) >= 11 is 1.34. The highest BCUT2D eigenvalue weighted by Gasteiger charge is 2.31. The van der Waals surface area contributed by atoms with Crippen molar-refractivity contribution in [2.75, 3.05) is 18.4 Å². The van der Waals surface area contributed by atoms with Gasteiger partial charge in [-0.05, 0) is 83.4 Å². The molecule has 2 aliphatic heterocycles. The van der Waals surface area contributed by atoms with Crippen LogP contribution in [-0.4, -0.2) is 63.4 Å². The maximum Gasteiger partial charge on any atom is 0.417 e. The number of allylic oxidation sites excluding steroid dienone is 2. The van der Waals surface area contributed by atoms with Gasteiger partial charge in [0.05, 0.1) is 4.70 Å². The summed E-state index contributed by atoms with van der Waals surface area (Å²) in [7, 11) is 0. The first-order valence-electron chi connectivity index (χ1n) is 13.1. The normalized spacial score (nSPS) is 17.7. The number of amides is 3. The second-order valence-corrected chi connectivity index (χ2v) is 12.6. The van der Waals surface area contributed by atoms with E-state index in [-0.39, 0.29) is 12.0 Å². The van der Waals surface area contributed by atoms with Gasteiger partial charge in [-0.1, -0.05) is 23.5 Å². The lowest BCUT2D eigenvalue weighted by Gasteiger charge is -2.33. The van der Waals surface area contributed by atoms with Crippen LogP contribution >= 0.6 is 11.3 Å². The van der Waals surface area contributed by atoms with Crippen molar-refractivity contribution in [2.24, 2.45) is 0 Å². The standard InChI is InChI=1S/C29H36N4O6S/c1-18(34)30-25-31-24-21(9-8-10-22(24)40-25)37-23-17-20(13-16-33(23)27(36)39-29(5,6)7)19-11-14-32(15-12-19)26(35)38-28(2,3)4/h8-11,13,16-17,23H,12,14-15H2,1-7H3,(H,30,31,34). The third-order valence-corrected chi connectivity index (χ3v) is 6.70. The molecule has 1 aromatic heterocycles. The number of carbonyl (C=O) groups excluding carboxylic acids is 3. The van der Waals surface area contributed by atoms with Crippen LogP contribution in [0.1, 0.15) is 54.9 Å². The molecule has 10 nitrogen and oxygen atoms in total. The number of para-hydroxylation sites is 1. The van der Waals surface area contributed by atoms with Crippen LogP contribution in [0.25, 0.3) is 10.2 Å². The third-order valence-electron chi connectivity index (χ3n) is 5.76. The van der Waals surface area contributed by atoms with Crippen LogP contribution in [0.2, 0.25) is 0 Å². The van der Waals surface area contributed by atoms with Crippen LogP contribution in [0, 0.1) is 0 Å². The van der Waals surface area contributed by atoms with E-state index in [2.05, 4.69) is 10.3 Å². The molecule has 0 fully saturated rings. The molecule has 0 aliphatic carbocycles. The first-order valence-corrected chi connectivity index (χ1v) is 13.9. The summed E-state index contributed by atoms with van der Waals surface area (Å²) in [6.07, 6.45) is 6.25. The molecule has 0 radical (unpaired) electrons. The summed E-state index contributed by atoms with van der Waals surface area (Å²) in [5.74, 6) is 0.247. The Labute approximate surface area is 238 Å². The molecule has 2 aromatic rings. The van der Waals surface area contributed by atoms with Gasteiger partial charge in [-0.2, -0.15) is 0 Å². The quantitative estimate of drug-likeness (QED) is 0.466. The Morgan fingerprint density at radius 2 is 1.75 bits per heavy atom. The Kier molecular flexibility index (Phi) is 8.25. The van der Waals surface area contributed by atoms with Crippen LogP contribution in [0.4, 0.5) is 14.7 Å². The van der Waals surface area contributed by atoms with Gasteiger partial charge >= 0.3 is 12.2 Å². The molecular formula is C29H36N4O6S. The number of fused-ring (bicyclic) bond motifs is 1. The zero-order valence-electron chi connectivity index (χ0n) is 23.9. The number of carbonyl (C=O) groups is 3. The second-order valence-electron chi connectivity index (χ2n) is 11.5. The number of anilines is 1. The van der Waals surface area contributed by atoms with Crippen LogP contribution in [0.5, 0.6) is 5.75 Å². The zero-order chi connectivity index (χ0) is 29.2. The van der Waals surface area contributed by atoms with E-state index in [4.69, 9.17) is 14.2 Å². The van der Waals surface area contributed by atoms with Gasteiger partial charge in [0.15, 0.2) is 5.13 Å². The Hall–Kier alpha value is -3.86. The molecule has 0 spiro atoms. The molecular weight excluding hydrogens is 532 g/mol. The molecule has 0 saturated heterocycles. The third kappa shape index (κ3) is 7.41. The predicted molar refractivity (Wildman–Crippen MR) is 154 cm³/mol. The predicted octanol–water partition coefficient (Wildman–Crippen LogP) is 6.22. The van der Waals surface area contributed by atoms with Crippen molar-refractivity contribution >= 4 is 44.8 Å². The van der Waals surface area contributed by atoms with E-state index in [9.17, 15) is 14.4 Å². The number of nitrogens with zero attached hydrogens (tertiary/aromatic N) is 3. The van der Waals surface area contributed by atoms with Crippen molar-refractivity contribution in [3.05, 3.63) is 53.8 Å². The minimum Gasteiger partial charge on any atom is -0.464 e. The number of nitrogens with one attached hydrogen (secondary N) is 1. The fourth-order valence-corrected chi connectivity index (χ4v) is 5.02. The van der Waals surface area contributed by atoms with Gasteiger partial charge in [-0.3, -0.25) is 4.79 Å². The number of aromatic nitrogens is 1. The average molecular weight is 569 g/mol. The van der Waals surface area contributed by atoms with Gasteiger partial charge in [0, 0.05) is 26.2 Å². The number of ether oxygens (including phenoxy) is 3. The van der Waals surface area contributed by atoms with Crippen LogP contribution < -0.4 is 10.1 Å². The van der Waals surface area contributed by atoms with E-state index in [1.807, 2.05) is 51.1 Å². The highest BCUT2D eigenvalue weighted by Crippen LogP contribution is 2.35. The van der Waals surface area contributed by atoms with Gasteiger partial charge < -0.3 is 24.4 Å². The van der Waals surface area contributed by atoms with Gasteiger partial charge in [0.1, 0.15) is 22.5 Å². The van der Waals surface area contributed by atoms with E-state index in [0.717, 1.165) is 15.8 Å². The van der Waals surface area contributed by atoms with Gasteiger partial charge in [-0.15, -0.1) is 0 Å². The lowest BCUT2D eigenvalue weighted by Crippen LogP contribution is -2.43. The maximum absolute atomic E-state index is 13.1. The zero-order valence-corrected chi connectivity index (χ0v) is 24.8. The van der Waals surface area contributed by atoms with Crippen molar-refractivity contribution < 1.29 is 28.6 Å². The fourth-order valence-electron chi connectivity index (χ4n) is 4.10. The molecule has 0 saturated carbocycles. The topological polar surface area (TPSA) is 110 Å². The van der Waals surface area contributed by atoms with Crippen LogP contribution in [0.15, 0.2) is 53.8 Å². The largest absolute Gasteiger partial charge is 0.464 e. The van der Waals surface area contributed by atoms with Crippen molar-refractivity contribution in [1.29, 1.82) is 0 Å². The molecule has 2 aliphatic rings. The molecule has 3 heterocycles. The fraction of sp³-hybridized carbons (Fsp3) is 0.448. The minimum absolute atomic E-state index is 0.214. The van der Waals surface area contributed by atoms with Crippen molar-refractivity contribution in [1.82, 2.24) is 14.8 Å². The Bertz CT molecular complexity index is 1400. The minimum atomic E-state index is -0.823.